The van der Waals surface area contributed by atoms with Gasteiger partial charge in [0.15, 0.2) is 5.78 Å². The molecule has 0 spiro atoms. The highest BCUT2D eigenvalue weighted by Gasteiger charge is 2.55. The molecule has 3 rings (SSSR count). The number of nitriles is 1. The second-order valence-electron chi connectivity index (χ2n) is 6.10. The van der Waals surface area contributed by atoms with E-state index < -0.39 is 5.92 Å². The number of hydrogen-bond donors (Lipinski definition) is 0. The highest BCUT2D eigenvalue weighted by molar-refractivity contribution is 5.93. The molecule has 3 heteroatoms. The van der Waals surface area contributed by atoms with Crippen LogP contribution in [0.2, 0.25) is 0 Å². The first-order valence-corrected chi connectivity index (χ1v) is 7.92. The van der Waals surface area contributed by atoms with Gasteiger partial charge in [0.1, 0.15) is 11.7 Å². The van der Waals surface area contributed by atoms with E-state index in [9.17, 15) is 10.1 Å². The summed E-state index contributed by atoms with van der Waals surface area (Å²) in [5.74, 6) is 1.57. The van der Waals surface area contributed by atoms with E-state index in [0.29, 0.717) is 18.4 Å². The summed E-state index contributed by atoms with van der Waals surface area (Å²) in [7, 11) is 0. The van der Waals surface area contributed by atoms with Crippen molar-refractivity contribution in [2.75, 3.05) is 6.61 Å². The van der Waals surface area contributed by atoms with E-state index in [0.717, 1.165) is 11.3 Å². The number of ether oxygens (including phenoxy) is 1. The van der Waals surface area contributed by atoms with Gasteiger partial charge < -0.3 is 4.74 Å². The minimum Gasteiger partial charge on any atom is -0.494 e. The summed E-state index contributed by atoms with van der Waals surface area (Å²) >= 11 is 0. The number of hydrogen-bond acceptors (Lipinski definition) is 3. The Morgan fingerprint density at radius 3 is 2.43 bits per heavy atom. The predicted octanol–water partition coefficient (Wildman–Crippen LogP) is 3.70. The van der Waals surface area contributed by atoms with Gasteiger partial charge in [-0.05, 0) is 49.3 Å². The lowest BCUT2D eigenvalue weighted by molar-refractivity contribution is -0.121. The van der Waals surface area contributed by atoms with Crippen LogP contribution in [0.1, 0.15) is 44.1 Å². The van der Waals surface area contributed by atoms with Gasteiger partial charge in [0.05, 0.1) is 12.7 Å². The topological polar surface area (TPSA) is 50.1 Å². The fraction of sp³-hybridized carbons (Fsp3) is 0.556. The normalized spacial score (nSPS) is 28.1. The summed E-state index contributed by atoms with van der Waals surface area (Å²) in [6, 6.07) is 9.60. The molecule has 2 aliphatic rings. The highest BCUT2D eigenvalue weighted by Crippen LogP contribution is 2.57. The Bertz CT molecular complexity index is 546. The Morgan fingerprint density at radius 1 is 1.29 bits per heavy atom. The molecule has 1 aromatic carbocycles. The van der Waals surface area contributed by atoms with E-state index in [4.69, 9.17) is 4.74 Å². The molecule has 0 aromatic heterocycles. The molecule has 0 saturated heterocycles. The summed E-state index contributed by atoms with van der Waals surface area (Å²) < 4.78 is 5.40. The number of rotatable bonds is 5. The molecule has 3 atom stereocenters. The fourth-order valence-electron chi connectivity index (χ4n) is 3.83. The lowest BCUT2D eigenvalue weighted by Crippen LogP contribution is -2.14. The van der Waals surface area contributed by atoms with Gasteiger partial charge in [0.2, 0.25) is 0 Å². The molecule has 2 aliphatic carbocycles. The summed E-state index contributed by atoms with van der Waals surface area (Å²) in [6.45, 7) is 2.55. The fourth-order valence-corrected chi connectivity index (χ4v) is 3.83. The molecule has 2 saturated carbocycles. The molecular weight excluding hydrogens is 262 g/mol. The Balaban J connectivity index is 1.73. The van der Waals surface area contributed by atoms with Crippen molar-refractivity contribution in [2.24, 2.45) is 17.8 Å². The minimum atomic E-state index is -0.615. The van der Waals surface area contributed by atoms with Crippen LogP contribution in [0.25, 0.3) is 0 Å². The van der Waals surface area contributed by atoms with Crippen LogP contribution in [-0.2, 0) is 4.79 Å². The number of Topliss-reactive ketones (excluding diaryl/α,β-unsaturated/α-hetero) is 1. The lowest BCUT2D eigenvalue weighted by atomic mass is 9.92. The van der Waals surface area contributed by atoms with Gasteiger partial charge >= 0.3 is 0 Å². The van der Waals surface area contributed by atoms with E-state index >= 15 is 0 Å². The van der Waals surface area contributed by atoms with Gasteiger partial charge in [-0.15, -0.1) is 0 Å². The van der Waals surface area contributed by atoms with Crippen LogP contribution in [0.3, 0.4) is 0 Å². The lowest BCUT2D eigenvalue weighted by Gasteiger charge is -2.10. The van der Waals surface area contributed by atoms with Crippen LogP contribution < -0.4 is 4.74 Å². The Kier molecular flexibility index (Phi) is 3.96. The van der Waals surface area contributed by atoms with E-state index in [1.165, 1.54) is 25.7 Å². The molecule has 21 heavy (non-hydrogen) atoms. The second-order valence-corrected chi connectivity index (χ2v) is 6.10. The monoisotopic (exact) mass is 283 g/mol. The number of fused-ring (bicyclic) bond motifs is 1. The van der Waals surface area contributed by atoms with Crippen LogP contribution in [0.15, 0.2) is 24.3 Å². The third-order valence-electron chi connectivity index (χ3n) is 4.92. The van der Waals surface area contributed by atoms with E-state index in [2.05, 4.69) is 6.07 Å². The van der Waals surface area contributed by atoms with Crippen molar-refractivity contribution in [1.29, 1.82) is 5.26 Å². The summed E-state index contributed by atoms with van der Waals surface area (Å²) in [4.78, 5) is 12.7. The number of carbonyl (C=O) groups is 1. The zero-order valence-corrected chi connectivity index (χ0v) is 12.4. The van der Waals surface area contributed by atoms with Crippen LogP contribution in [-0.4, -0.2) is 12.4 Å². The van der Waals surface area contributed by atoms with Crippen molar-refractivity contribution >= 4 is 5.78 Å². The number of carbonyl (C=O) groups excluding carboxylic acids is 1. The van der Waals surface area contributed by atoms with Crippen molar-refractivity contribution in [1.82, 2.24) is 0 Å². The molecule has 3 unspecified atom stereocenters. The first-order valence-electron chi connectivity index (χ1n) is 7.92. The maximum Gasteiger partial charge on any atom is 0.158 e. The quantitative estimate of drug-likeness (QED) is 0.828. The van der Waals surface area contributed by atoms with Gasteiger partial charge in [0, 0.05) is 5.92 Å². The molecule has 0 amide bonds. The summed E-state index contributed by atoms with van der Waals surface area (Å²) in [5.41, 5.74) is 0.801. The molecule has 110 valence electrons. The van der Waals surface area contributed by atoms with Crippen molar-refractivity contribution in [3.63, 3.8) is 0 Å². The number of ketones is 1. The smallest absolute Gasteiger partial charge is 0.158 e. The standard InChI is InChI=1S/C18H21NO2/c1-2-21-13-9-7-12(8-10-13)16(11-19)18(20)17-14-5-3-4-6-15(14)17/h7-10,14-17H,2-6H2,1H3. The molecular formula is C18H21NO2. The molecule has 0 bridgehead atoms. The van der Waals surface area contributed by atoms with Crippen molar-refractivity contribution < 1.29 is 9.53 Å². The number of nitrogens with zero attached hydrogens (tertiary/aromatic N) is 1. The summed E-state index contributed by atoms with van der Waals surface area (Å²) in [6.07, 6.45) is 4.82. The molecule has 0 radical (unpaired) electrons. The van der Waals surface area contributed by atoms with Crippen molar-refractivity contribution in [3.8, 4) is 11.8 Å². The maximum absolute atomic E-state index is 12.7. The van der Waals surface area contributed by atoms with Crippen molar-refractivity contribution in [2.45, 2.75) is 38.5 Å². The van der Waals surface area contributed by atoms with Gasteiger partial charge in [-0.3, -0.25) is 4.79 Å². The molecule has 0 N–H and O–H groups in total. The van der Waals surface area contributed by atoms with Crippen LogP contribution >= 0.6 is 0 Å². The maximum atomic E-state index is 12.7. The second kappa shape index (κ2) is 5.89. The number of benzene rings is 1. The zero-order valence-electron chi connectivity index (χ0n) is 12.4. The van der Waals surface area contributed by atoms with Gasteiger partial charge in [-0.1, -0.05) is 25.0 Å². The van der Waals surface area contributed by atoms with Crippen molar-refractivity contribution in [3.05, 3.63) is 29.8 Å². The van der Waals surface area contributed by atoms with Gasteiger partial charge in [-0.25, -0.2) is 0 Å². The molecule has 3 nitrogen and oxygen atoms in total. The Labute approximate surface area is 125 Å². The zero-order chi connectivity index (χ0) is 14.8. The molecule has 1 aromatic rings. The van der Waals surface area contributed by atoms with Crippen LogP contribution in [0, 0.1) is 29.1 Å². The van der Waals surface area contributed by atoms with Gasteiger partial charge in [0.25, 0.3) is 0 Å². The van der Waals surface area contributed by atoms with Crippen LogP contribution in [0.5, 0.6) is 5.75 Å². The Hall–Kier alpha value is -1.82. The van der Waals surface area contributed by atoms with Gasteiger partial charge in [-0.2, -0.15) is 5.26 Å². The average Bonchev–Trinajstić information content (AvgIpc) is 3.24. The SMILES string of the molecule is CCOc1ccc(C(C#N)C(=O)C2C3CCCCC32)cc1. The predicted molar refractivity (Wildman–Crippen MR) is 79.9 cm³/mol. The van der Waals surface area contributed by atoms with E-state index in [-0.39, 0.29) is 11.7 Å². The minimum absolute atomic E-state index is 0.138. The largest absolute Gasteiger partial charge is 0.494 e. The molecule has 2 fully saturated rings. The van der Waals surface area contributed by atoms with E-state index in [1.807, 2.05) is 31.2 Å². The molecule has 0 aliphatic heterocycles. The first kappa shape index (κ1) is 14.1. The highest BCUT2D eigenvalue weighted by atomic mass is 16.5. The third-order valence-corrected chi connectivity index (χ3v) is 4.92. The first-order chi connectivity index (χ1) is 10.3. The summed E-state index contributed by atoms with van der Waals surface area (Å²) in [5, 5.41) is 9.43. The Morgan fingerprint density at radius 2 is 1.90 bits per heavy atom. The average molecular weight is 283 g/mol. The van der Waals surface area contributed by atoms with Crippen LogP contribution in [0.4, 0.5) is 0 Å². The van der Waals surface area contributed by atoms with E-state index in [1.54, 1.807) is 0 Å². The molecule has 0 heterocycles. The third kappa shape index (κ3) is 2.68.